The lowest BCUT2D eigenvalue weighted by atomic mass is 10.1. The van der Waals surface area contributed by atoms with Crippen molar-refractivity contribution in [3.05, 3.63) is 29.3 Å². The van der Waals surface area contributed by atoms with Crippen molar-refractivity contribution in [3.63, 3.8) is 0 Å². The summed E-state index contributed by atoms with van der Waals surface area (Å²) < 4.78 is 33.9. The van der Waals surface area contributed by atoms with Crippen LogP contribution in [-0.4, -0.2) is 8.42 Å². The summed E-state index contributed by atoms with van der Waals surface area (Å²) in [6, 6.07) is 6.59. The first-order chi connectivity index (χ1) is 6.50. The lowest BCUT2D eigenvalue weighted by molar-refractivity contribution is 0.551. The summed E-state index contributed by atoms with van der Waals surface area (Å²) in [5.41, 5.74) is -0.738. The molecule has 0 aliphatic rings. The molecule has 0 amide bonds. The molecule has 0 aromatic heterocycles. The van der Waals surface area contributed by atoms with Crippen molar-refractivity contribution < 1.29 is 12.3 Å². The molecule has 1 aromatic carbocycles. The van der Waals surface area contributed by atoms with E-state index in [4.69, 9.17) is 10.5 Å². The molecule has 70 valence electrons. The van der Waals surface area contributed by atoms with Gasteiger partial charge in [0.1, 0.15) is 17.0 Å². The number of benzene rings is 1. The topological polar surface area (TPSA) is 81.7 Å². The summed E-state index contributed by atoms with van der Waals surface area (Å²) in [5.74, 6) is 0. The van der Waals surface area contributed by atoms with Crippen LogP contribution < -0.4 is 0 Å². The van der Waals surface area contributed by atoms with Gasteiger partial charge in [0.2, 0.25) is 0 Å². The maximum absolute atomic E-state index is 12.7. The van der Waals surface area contributed by atoms with E-state index in [-0.39, 0.29) is 11.1 Å². The van der Waals surface area contributed by atoms with E-state index < -0.39 is 15.1 Å². The number of hydrogen-bond acceptors (Lipinski definition) is 4. The van der Waals surface area contributed by atoms with Crippen LogP contribution in [-0.2, 0) is 10.2 Å². The maximum atomic E-state index is 12.7. The fourth-order valence-corrected chi connectivity index (χ4v) is 1.73. The molecular weight excluding hydrogens is 207 g/mol. The van der Waals surface area contributed by atoms with E-state index in [1.165, 1.54) is 18.2 Å². The van der Waals surface area contributed by atoms with Gasteiger partial charge in [0.15, 0.2) is 0 Å². The standard InChI is InChI=1S/C8H3FN2O2S/c9-14(12,13)8-6(4-10)2-1-3-7(8)5-11/h1-3H. The third kappa shape index (κ3) is 1.70. The van der Waals surface area contributed by atoms with Crippen LogP contribution in [0.25, 0.3) is 0 Å². The van der Waals surface area contributed by atoms with Gasteiger partial charge in [-0.25, -0.2) is 0 Å². The molecule has 0 aliphatic heterocycles. The summed E-state index contributed by atoms with van der Waals surface area (Å²) in [7, 11) is -5.03. The lowest BCUT2D eigenvalue weighted by Gasteiger charge is -1.99. The Kier molecular flexibility index (Phi) is 2.50. The van der Waals surface area contributed by atoms with Crippen LogP contribution in [0.4, 0.5) is 3.89 Å². The zero-order chi connectivity index (χ0) is 10.8. The Bertz CT molecular complexity index is 519. The van der Waals surface area contributed by atoms with Crippen molar-refractivity contribution >= 4 is 10.2 Å². The first-order valence-electron chi connectivity index (χ1n) is 3.38. The molecule has 1 rings (SSSR count). The van der Waals surface area contributed by atoms with Crippen LogP contribution in [0, 0.1) is 22.7 Å². The van der Waals surface area contributed by atoms with E-state index in [2.05, 4.69) is 0 Å². The van der Waals surface area contributed by atoms with Gasteiger partial charge in [-0.2, -0.15) is 18.9 Å². The van der Waals surface area contributed by atoms with E-state index in [0.717, 1.165) is 12.1 Å². The minimum absolute atomic E-state index is 0.369. The molecule has 0 saturated carbocycles. The monoisotopic (exact) mass is 210 g/mol. The number of nitrogens with zero attached hydrogens (tertiary/aromatic N) is 2. The van der Waals surface area contributed by atoms with Gasteiger partial charge < -0.3 is 0 Å². The highest BCUT2D eigenvalue weighted by Gasteiger charge is 2.21. The minimum atomic E-state index is -5.03. The third-order valence-corrected chi connectivity index (χ3v) is 2.43. The van der Waals surface area contributed by atoms with Crippen LogP contribution in [0.15, 0.2) is 23.1 Å². The summed E-state index contributed by atoms with van der Waals surface area (Å²) in [6.45, 7) is 0. The fourth-order valence-electron chi connectivity index (χ4n) is 0.976. The Balaban J connectivity index is 3.72. The summed E-state index contributed by atoms with van der Waals surface area (Å²) >= 11 is 0. The molecule has 1 aromatic rings. The number of nitriles is 2. The SMILES string of the molecule is N#Cc1cccc(C#N)c1S(=O)(=O)F. The second-order valence-electron chi connectivity index (χ2n) is 2.34. The largest absolute Gasteiger partial charge is 0.334 e. The quantitative estimate of drug-likeness (QED) is 0.649. The third-order valence-electron chi connectivity index (χ3n) is 1.50. The Hall–Kier alpha value is -1.92. The molecule has 6 heteroatoms. The molecule has 0 aliphatic carbocycles. The molecule has 4 nitrogen and oxygen atoms in total. The second kappa shape index (κ2) is 3.44. The second-order valence-corrected chi connectivity index (χ2v) is 3.63. The van der Waals surface area contributed by atoms with Gasteiger partial charge in [-0.1, -0.05) is 6.07 Å². The molecule has 0 bridgehead atoms. The predicted octanol–water partition coefficient (Wildman–Crippen LogP) is 1.09. The highest BCUT2D eigenvalue weighted by atomic mass is 32.3. The Morgan fingerprint density at radius 2 is 1.57 bits per heavy atom. The van der Waals surface area contributed by atoms with E-state index in [9.17, 15) is 12.3 Å². The molecule has 0 saturated heterocycles. The first kappa shape index (κ1) is 10.2. The molecule has 0 N–H and O–H groups in total. The van der Waals surface area contributed by atoms with Gasteiger partial charge >= 0.3 is 10.2 Å². The Morgan fingerprint density at radius 1 is 1.14 bits per heavy atom. The Labute approximate surface area is 80.0 Å². The molecule has 0 spiro atoms. The molecular formula is C8H3FN2O2S. The zero-order valence-electron chi connectivity index (χ0n) is 6.73. The highest BCUT2D eigenvalue weighted by Crippen LogP contribution is 2.21. The van der Waals surface area contributed by atoms with Gasteiger partial charge in [-0.15, -0.1) is 3.89 Å². The van der Waals surface area contributed by atoms with E-state index in [1.807, 2.05) is 0 Å². The van der Waals surface area contributed by atoms with Crippen molar-refractivity contribution in [1.82, 2.24) is 0 Å². The van der Waals surface area contributed by atoms with Gasteiger partial charge in [-0.05, 0) is 12.1 Å². The fraction of sp³-hybridized carbons (Fsp3) is 0. The van der Waals surface area contributed by atoms with Crippen molar-refractivity contribution in [2.75, 3.05) is 0 Å². The summed E-state index contributed by atoms with van der Waals surface area (Å²) in [4.78, 5) is -0.856. The van der Waals surface area contributed by atoms with Crippen LogP contribution in [0.2, 0.25) is 0 Å². The van der Waals surface area contributed by atoms with Gasteiger partial charge in [-0.3, -0.25) is 0 Å². The van der Waals surface area contributed by atoms with Gasteiger partial charge in [0.25, 0.3) is 0 Å². The number of rotatable bonds is 1. The molecule has 14 heavy (non-hydrogen) atoms. The molecule has 0 fully saturated rings. The Morgan fingerprint density at radius 3 is 1.86 bits per heavy atom. The average Bonchev–Trinajstić information content (AvgIpc) is 2.15. The maximum Gasteiger partial charge on any atom is 0.334 e. The molecule has 0 radical (unpaired) electrons. The van der Waals surface area contributed by atoms with Crippen molar-refractivity contribution in [1.29, 1.82) is 10.5 Å². The minimum Gasteiger partial charge on any atom is -0.192 e. The lowest BCUT2D eigenvalue weighted by Crippen LogP contribution is -1.99. The van der Waals surface area contributed by atoms with E-state index in [0.29, 0.717) is 0 Å². The summed E-state index contributed by atoms with van der Waals surface area (Å²) in [6.07, 6.45) is 0. The van der Waals surface area contributed by atoms with Crippen LogP contribution >= 0.6 is 0 Å². The molecule has 0 heterocycles. The van der Waals surface area contributed by atoms with Crippen LogP contribution in [0.3, 0.4) is 0 Å². The normalized spacial score (nSPS) is 10.2. The smallest absolute Gasteiger partial charge is 0.192 e. The van der Waals surface area contributed by atoms with Gasteiger partial charge in [0, 0.05) is 0 Å². The number of halogens is 1. The first-order valence-corrected chi connectivity index (χ1v) is 4.77. The molecule has 0 atom stereocenters. The predicted molar refractivity (Wildman–Crippen MR) is 44.2 cm³/mol. The van der Waals surface area contributed by atoms with E-state index >= 15 is 0 Å². The van der Waals surface area contributed by atoms with Crippen molar-refractivity contribution in [2.45, 2.75) is 4.90 Å². The zero-order valence-corrected chi connectivity index (χ0v) is 7.55. The average molecular weight is 210 g/mol. The van der Waals surface area contributed by atoms with Gasteiger partial charge in [0.05, 0.1) is 11.1 Å². The molecule has 0 unspecified atom stereocenters. The van der Waals surface area contributed by atoms with Crippen molar-refractivity contribution in [2.24, 2.45) is 0 Å². The summed E-state index contributed by atoms with van der Waals surface area (Å²) in [5, 5.41) is 17.0. The van der Waals surface area contributed by atoms with E-state index in [1.54, 1.807) is 0 Å². The highest BCUT2D eigenvalue weighted by molar-refractivity contribution is 7.86. The number of hydrogen-bond donors (Lipinski definition) is 0. The van der Waals surface area contributed by atoms with Crippen molar-refractivity contribution in [3.8, 4) is 12.1 Å². The van der Waals surface area contributed by atoms with Crippen LogP contribution in [0.1, 0.15) is 11.1 Å². The van der Waals surface area contributed by atoms with Crippen LogP contribution in [0.5, 0.6) is 0 Å².